The van der Waals surface area contributed by atoms with Crippen LogP contribution in [0.1, 0.15) is 12.5 Å². The van der Waals surface area contributed by atoms with E-state index in [0.717, 1.165) is 5.56 Å². The van der Waals surface area contributed by atoms with Crippen molar-refractivity contribution in [2.75, 3.05) is 12.4 Å². The molecule has 0 fully saturated rings. The maximum absolute atomic E-state index is 12.4. The molecule has 2 aromatic rings. The molecule has 2 rings (SSSR count). The molecule has 2 amide bonds. The van der Waals surface area contributed by atoms with Gasteiger partial charge in [-0.3, -0.25) is 9.59 Å². The van der Waals surface area contributed by atoms with E-state index in [-0.39, 0.29) is 11.6 Å². The molecule has 0 aliphatic heterocycles. The van der Waals surface area contributed by atoms with Gasteiger partial charge >= 0.3 is 0 Å². The summed E-state index contributed by atoms with van der Waals surface area (Å²) < 4.78 is 5.12. The van der Waals surface area contributed by atoms with E-state index in [9.17, 15) is 9.59 Å². The fourth-order valence-corrected chi connectivity index (χ4v) is 1.96. The fourth-order valence-electron chi connectivity index (χ4n) is 1.96. The number of benzene rings is 2. The molecular formula is C18H18N2O3. The van der Waals surface area contributed by atoms with Gasteiger partial charge in [0.25, 0.3) is 5.91 Å². The summed E-state index contributed by atoms with van der Waals surface area (Å²) >= 11 is 0. The summed E-state index contributed by atoms with van der Waals surface area (Å²) in [4.78, 5) is 23.8. The van der Waals surface area contributed by atoms with Gasteiger partial charge in [-0.15, -0.1) is 0 Å². The summed E-state index contributed by atoms with van der Waals surface area (Å²) in [6.07, 6.45) is 1.62. The molecule has 23 heavy (non-hydrogen) atoms. The summed E-state index contributed by atoms with van der Waals surface area (Å²) in [5.41, 5.74) is 1.57. The van der Waals surface area contributed by atoms with E-state index in [1.54, 1.807) is 37.5 Å². The van der Waals surface area contributed by atoms with Crippen LogP contribution in [0.15, 0.2) is 60.3 Å². The fraction of sp³-hybridized carbons (Fsp3) is 0.111. The zero-order valence-electron chi connectivity index (χ0n) is 13.0. The lowest BCUT2D eigenvalue weighted by Gasteiger charge is -2.10. The van der Waals surface area contributed by atoms with Crippen molar-refractivity contribution in [3.05, 3.63) is 65.9 Å². The Bertz CT molecular complexity index is 724. The molecule has 0 heterocycles. The minimum Gasteiger partial charge on any atom is -0.497 e. The molecule has 0 bridgehead atoms. The number of hydrogen-bond donors (Lipinski definition) is 2. The van der Waals surface area contributed by atoms with Crippen molar-refractivity contribution < 1.29 is 14.3 Å². The van der Waals surface area contributed by atoms with E-state index >= 15 is 0 Å². The van der Waals surface area contributed by atoms with E-state index in [4.69, 9.17) is 4.74 Å². The molecule has 5 nitrogen and oxygen atoms in total. The summed E-state index contributed by atoms with van der Waals surface area (Å²) in [5, 5.41) is 5.30. The number of nitrogens with one attached hydrogen (secondary N) is 2. The highest BCUT2D eigenvalue weighted by atomic mass is 16.5. The topological polar surface area (TPSA) is 67.4 Å². The minimum atomic E-state index is -0.405. The predicted octanol–water partition coefficient (Wildman–Crippen LogP) is 2.81. The van der Waals surface area contributed by atoms with Crippen molar-refractivity contribution in [1.82, 2.24) is 5.32 Å². The monoisotopic (exact) mass is 310 g/mol. The maximum Gasteiger partial charge on any atom is 0.272 e. The number of hydrogen-bond acceptors (Lipinski definition) is 3. The highest BCUT2D eigenvalue weighted by molar-refractivity contribution is 6.08. The van der Waals surface area contributed by atoms with Crippen LogP contribution in [0.4, 0.5) is 5.69 Å². The molecule has 2 aromatic carbocycles. The molecule has 5 heteroatoms. The van der Waals surface area contributed by atoms with Gasteiger partial charge in [0.1, 0.15) is 11.4 Å². The highest BCUT2D eigenvalue weighted by Gasteiger charge is 2.12. The Morgan fingerprint density at radius 3 is 2.43 bits per heavy atom. The van der Waals surface area contributed by atoms with Gasteiger partial charge in [0.05, 0.1) is 7.11 Å². The summed E-state index contributed by atoms with van der Waals surface area (Å²) in [5.74, 6) is -0.0822. The lowest BCUT2D eigenvalue weighted by Crippen LogP contribution is -2.28. The molecule has 0 aromatic heterocycles. The zero-order chi connectivity index (χ0) is 16.7. The Kier molecular flexibility index (Phi) is 5.52. The third kappa shape index (κ3) is 5.00. The first-order valence-electron chi connectivity index (χ1n) is 7.08. The van der Waals surface area contributed by atoms with Crippen molar-refractivity contribution in [2.24, 2.45) is 0 Å². The number of ether oxygens (including phenoxy) is 1. The van der Waals surface area contributed by atoms with Gasteiger partial charge in [0.2, 0.25) is 5.91 Å². The van der Waals surface area contributed by atoms with Crippen LogP contribution >= 0.6 is 0 Å². The normalized spacial score (nSPS) is 10.8. The lowest BCUT2D eigenvalue weighted by molar-refractivity contribution is -0.120. The third-order valence-electron chi connectivity index (χ3n) is 2.99. The van der Waals surface area contributed by atoms with Crippen LogP contribution < -0.4 is 15.4 Å². The first kappa shape index (κ1) is 16.3. The second-order valence-corrected chi connectivity index (χ2v) is 4.84. The smallest absolute Gasteiger partial charge is 0.272 e. The number of rotatable bonds is 5. The van der Waals surface area contributed by atoms with Crippen molar-refractivity contribution >= 4 is 23.6 Å². The quantitative estimate of drug-likeness (QED) is 0.835. The number of methoxy groups -OCH3 is 1. The number of carbonyl (C=O) groups excluding carboxylic acids is 2. The molecule has 0 saturated heterocycles. The van der Waals surface area contributed by atoms with Crippen LogP contribution in [-0.4, -0.2) is 18.9 Å². The zero-order valence-corrected chi connectivity index (χ0v) is 13.0. The molecule has 118 valence electrons. The van der Waals surface area contributed by atoms with Gasteiger partial charge in [-0.2, -0.15) is 0 Å². The number of amides is 2. The van der Waals surface area contributed by atoms with Crippen molar-refractivity contribution in [2.45, 2.75) is 6.92 Å². The molecular weight excluding hydrogens is 292 g/mol. The first-order valence-corrected chi connectivity index (χ1v) is 7.08. The molecule has 0 atom stereocenters. The minimum absolute atomic E-state index is 0.173. The Morgan fingerprint density at radius 2 is 1.78 bits per heavy atom. The molecule has 0 aliphatic rings. The average molecular weight is 310 g/mol. The van der Waals surface area contributed by atoms with E-state index in [1.807, 2.05) is 30.3 Å². The molecule has 2 N–H and O–H groups in total. The first-order chi connectivity index (χ1) is 11.1. The molecule has 0 saturated carbocycles. The van der Waals surface area contributed by atoms with Crippen LogP contribution in [-0.2, 0) is 9.59 Å². The number of anilines is 1. The van der Waals surface area contributed by atoms with Gasteiger partial charge in [0.15, 0.2) is 0 Å². The largest absolute Gasteiger partial charge is 0.497 e. The molecule has 0 aliphatic carbocycles. The third-order valence-corrected chi connectivity index (χ3v) is 2.99. The Balaban J connectivity index is 2.22. The molecule has 0 spiro atoms. The second-order valence-electron chi connectivity index (χ2n) is 4.84. The van der Waals surface area contributed by atoms with Crippen molar-refractivity contribution in [3.8, 4) is 5.75 Å². The van der Waals surface area contributed by atoms with E-state index in [1.165, 1.54) is 6.92 Å². The lowest BCUT2D eigenvalue weighted by atomic mass is 10.2. The van der Waals surface area contributed by atoms with Crippen LogP contribution in [0.5, 0.6) is 5.75 Å². The van der Waals surface area contributed by atoms with Crippen LogP contribution in [0.3, 0.4) is 0 Å². The van der Waals surface area contributed by atoms with Gasteiger partial charge < -0.3 is 15.4 Å². The van der Waals surface area contributed by atoms with Crippen LogP contribution in [0, 0.1) is 0 Å². The summed E-state index contributed by atoms with van der Waals surface area (Å²) in [7, 11) is 1.55. The van der Waals surface area contributed by atoms with Crippen LogP contribution in [0.2, 0.25) is 0 Å². The SMILES string of the molecule is COc1cccc(NC(=O)C(=Cc2ccccc2)NC(C)=O)c1. The number of carbonyl (C=O) groups is 2. The van der Waals surface area contributed by atoms with E-state index in [0.29, 0.717) is 11.4 Å². The summed E-state index contributed by atoms with van der Waals surface area (Å²) in [6.45, 7) is 1.36. The predicted molar refractivity (Wildman–Crippen MR) is 89.9 cm³/mol. The van der Waals surface area contributed by atoms with E-state index < -0.39 is 5.91 Å². The molecule has 0 unspecified atom stereocenters. The summed E-state index contributed by atoms with van der Waals surface area (Å²) in [6, 6.07) is 16.3. The van der Waals surface area contributed by atoms with Crippen molar-refractivity contribution in [1.29, 1.82) is 0 Å². The van der Waals surface area contributed by atoms with Gasteiger partial charge in [-0.25, -0.2) is 0 Å². The highest BCUT2D eigenvalue weighted by Crippen LogP contribution is 2.17. The van der Waals surface area contributed by atoms with Gasteiger partial charge in [-0.05, 0) is 23.8 Å². The van der Waals surface area contributed by atoms with Gasteiger partial charge in [0, 0.05) is 18.7 Å². The maximum atomic E-state index is 12.4. The average Bonchev–Trinajstić information content (AvgIpc) is 2.55. The van der Waals surface area contributed by atoms with Gasteiger partial charge in [-0.1, -0.05) is 36.4 Å². The Labute approximate surface area is 135 Å². The van der Waals surface area contributed by atoms with Crippen LogP contribution in [0.25, 0.3) is 6.08 Å². The van der Waals surface area contributed by atoms with E-state index in [2.05, 4.69) is 10.6 Å². The second kappa shape index (κ2) is 7.79. The Morgan fingerprint density at radius 1 is 1.04 bits per heavy atom. The standard InChI is InChI=1S/C18H18N2O3/c1-13(21)19-17(11-14-7-4-3-5-8-14)18(22)20-15-9-6-10-16(12-15)23-2/h3-12H,1-2H3,(H,19,21)(H,20,22). The Hall–Kier alpha value is -3.08. The molecule has 0 radical (unpaired) electrons. The van der Waals surface area contributed by atoms with Crippen molar-refractivity contribution in [3.63, 3.8) is 0 Å².